The van der Waals surface area contributed by atoms with Crippen LogP contribution in [0.2, 0.25) is 0 Å². The number of carbonyl (C=O) groups is 1. The lowest BCUT2D eigenvalue weighted by atomic mass is 9.92. The molecule has 0 aliphatic carbocycles. The first-order chi connectivity index (χ1) is 10.6. The molecule has 0 aromatic carbocycles. The minimum atomic E-state index is -0.303. The Morgan fingerprint density at radius 2 is 2.27 bits per heavy atom. The maximum atomic E-state index is 12.4. The molecular formula is C15H19N5O2. The van der Waals surface area contributed by atoms with Gasteiger partial charge in [0.05, 0.1) is 6.20 Å². The predicted octanol–water partition coefficient (Wildman–Crippen LogP) is 0.896. The minimum Gasteiger partial charge on any atom is -0.337 e. The summed E-state index contributed by atoms with van der Waals surface area (Å²) >= 11 is 0. The molecule has 1 fully saturated rings. The molecule has 3 heterocycles. The van der Waals surface area contributed by atoms with Crippen molar-refractivity contribution in [2.75, 3.05) is 13.1 Å². The SMILES string of the molecule is Cc1cn[nH]c1CC1CCCN(C(=O)c2ccc(=O)[nH]n2)C1. The van der Waals surface area contributed by atoms with Gasteiger partial charge in [-0.2, -0.15) is 10.2 Å². The molecule has 1 atom stereocenters. The first-order valence-electron chi connectivity index (χ1n) is 7.47. The highest BCUT2D eigenvalue weighted by Crippen LogP contribution is 2.22. The Balaban J connectivity index is 1.67. The smallest absolute Gasteiger partial charge is 0.274 e. The lowest BCUT2D eigenvalue weighted by Crippen LogP contribution is -2.41. The third-order valence-electron chi connectivity index (χ3n) is 4.13. The zero-order valence-electron chi connectivity index (χ0n) is 12.5. The van der Waals surface area contributed by atoms with Gasteiger partial charge in [-0.15, -0.1) is 0 Å². The first kappa shape index (κ1) is 14.5. The first-order valence-corrected chi connectivity index (χ1v) is 7.47. The number of aryl methyl sites for hydroxylation is 1. The molecule has 2 aromatic rings. The number of aromatic nitrogens is 4. The minimum absolute atomic E-state index is 0.123. The number of H-pyrrole nitrogens is 2. The van der Waals surface area contributed by atoms with Crippen molar-refractivity contribution < 1.29 is 4.79 Å². The van der Waals surface area contributed by atoms with Crippen LogP contribution in [0.15, 0.2) is 23.1 Å². The molecule has 2 aromatic heterocycles. The summed E-state index contributed by atoms with van der Waals surface area (Å²) in [5, 5.41) is 13.2. The summed E-state index contributed by atoms with van der Waals surface area (Å²) < 4.78 is 0. The normalized spacial score (nSPS) is 18.4. The second-order valence-corrected chi connectivity index (χ2v) is 5.80. The largest absolute Gasteiger partial charge is 0.337 e. The Labute approximate surface area is 127 Å². The fraction of sp³-hybridized carbons (Fsp3) is 0.467. The van der Waals surface area contributed by atoms with Crippen LogP contribution in [0.1, 0.15) is 34.6 Å². The van der Waals surface area contributed by atoms with Crippen LogP contribution in [0.3, 0.4) is 0 Å². The Kier molecular flexibility index (Phi) is 4.04. The van der Waals surface area contributed by atoms with Crippen molar-refractivity contribution in [2.45, 2.75) is 26.2 Å². The Hall–Kier alpha value is -2.44. The molecule has 2 N–H and O–H groups in total. The predicted molar refractivity (Wildman–Crippen MR) is 80.5 cm³/mol. The highest BCUT2D eigenvalue weighted by molar-refractivity contribution is 5.92. The molecule has 1 saturated heterocycles. The Morgan fingerprint density at radius 1 is 1.41 bits per heavy atom. The number of rotatable bonds is 3. The van der Waals surface area contributed by atoms with Gasteiger partial charge in [-0.25, -0.2) is 5.10 Å². The molecule has 22 heavy (non-hydrogen) atoms. The number of aromatic amines is 2. The molecule has 0 saturated carbocycles. The van der Waals surface area contributed by atoms with E-state index in [1.807, 2.05) is 18.0 Å². The summed E-state index contributed by atoms with van der Waals surface area (Å²) in [6.45, 7) is 3.48. The molecule has 0 spiro atoms. The number of nitrogens with one attached hydrogen (secondary N) is 2. The molecule has 1 aliphatic heterocycles. The standard InChI is InChI=1S/C15H19N5O2/c1-10-8-16-17-13(10)7-11-3-2-6-20(9-11)15(22)12-4-5-14(21)19-18-12/h4-5,8,11H,2-3,6-7,9H2,1H3,(H,16,17)(H,19,21). The quantitative estimate of drug-likeness (QED) is 0.880. The number of hydrogen-bond acceptors (Lipinski definition) is 4. The second kappa shape index (κ2) is 6.13. The molecule has 0 bridgehead atoms. The van der Waals surface area contributed by atoms with Gasteiger partial charge in [0, 0.05) is 24.8 Å². The van der Waals surface area contributed by atoms with E-state index in [1.165, 1.54) is 12.1 Å². The summed E-state index contributed by atoms with van der Waals surface area (Å²) in [5.74, 6) is 0.293. The fourth-order valence-electron chi connectivity index (χ4n) is 2.91. The molecule has 3 rings (SSSR count). The molecular weight excluding hydrogens is 282 g/mol. The van der Waals surface area contributed by atoms with Crippen LogP contribution in [0.5, 0.6) is 0 Å². The number of amides is 1. The van der Waals surface area contributed by atoms with E-state index < -0.39 is 0 Å². The summed E-state index contributed by atoms with van der Waals surface area (Å²) in [6, 6.07) is 2.81. The third kappa shape index (κ3) is 3.08. The van der Waals surface area contributed by atoms with Gasteiger partial charge < -0.3 is 4.90 Å². The average Bonchev–Trinajstić information content (AvgIpc) is 2.93. The summed E-state index contributed by atoms with van der Waals surface area (Å²) in [4.78, 5) is 25.3. The molecule has 1 unspecified atom stereocenters. The average molecular weight is 301 g/mol. The van der Waals surface area contributed by atoms with Gasteiger partial charge in [0.1, 0.15) is 5.69 Å². The topological polar surface area (TPSA) is 94.7 Å². The lowest BCUT2D eigenvalue weighted by Gasteiger charge is -2.32. The molecule has 7 nitrogen and oxygen atoms in total. The highest BCUT2D eigenvalue weighted by Gasteiger charge is 2.26. The van der Waals surface area contributed by atoms with Crippen LogP contribution in [0, 0.1) is 12.8 Å². The van der Waals surface area contributed by atoms with Gasteiger partial charge in [0.15, 0.2) is 0 Å². The van der Waals surface area contributed by atoms with Crippen LogP contribution < -0.4 is 5.56 Å². The highest BCUT2D eigenvalue weighted by atomic mass is 16.2. The van der Waals surface area contributed by atoms with Gasteiger partial charge in [-0.1, -0.05) is 0 Å². The van der Waals surface area contributed by atoms with Crippen LogP contribution in [0.4, 0.5) is 0 Å². The summed E-state index contributed by atoms with van der Waals surface area (Å²) in [5.41, 5.74) is 2.29. The Morgan fingerprint density at radius 3 is 2.95 bits per heavy atom. The lowest BCUT2D eigenvalue weighted by molar-refractivity contribution is 0.0665. The van der Waals surface area contributed by atoms with Gasteiger partial charge in [-0.05, 0) is 43.7 Å². The van der Waals surface area contributed by atoms with Crippen LogP contribution in [0.25, 0.3) is 0 Å². The maximum absolute atomic E-state index is 12.4. The van der Waals surface area contributed by atoms with E-state index in [9.17, 15) is 9.59 Å². The molecule has 116 valence electrons. The van der Waals surface area contributed by atoms with Gasteiger partial charge in [0.25, 0.3) is 11.5 Å². The number of piperidine rings is 1. The fourth-order valence-corrected chi connectivity index (χ4v) is 2.91. The third-order valence-corrected chi connectivity index (χ3v) is 4.13. The summed E-state index contributed by atoms with van der Waals surface area (Å²) in [6.07, 6.45) is 4.80. The van der Waals surface area contributed by atoms with E-state index in [4.69, 9.17) is 0 Å². The second-order valence-electron chi connectivity index (χ2n) is 5.80. The number of carbonyl (C=O) groups excluding carboxylic acids is 1. The Bertz CT molecular complexity index is 700. The molecule has 7 heteroatoms. The monoisotopic (exact) mass is 301 g/mol. The number of nitrogens with zero attached hydrogens (tertiary/aromatic N) is 3. The van der Waals surface area contributed by atoms with Crippen LogP contribution in [-0.4, -0.2) is 44.3 Å². The van der Waals surface area contributed by atoms with E-state index in [2.05, 4.69) is 20.4 Å². The van der Waals surface area contributed by atoms with Crippen molar-refractivity contribution in [3.8, 4) is 0 Å². The van der Waals surface area contributed by atoms with Gasteiger partial charge >= 0.3 is 0 Å². The van der Waals surface area contributed by atoms with Crippen molar-refractivity contribution in [1.29, 1.82) is 0 Å². The molecule has 0 radical (unpaired) electrons. The van der Waals surface area contributed by atoms with Crippen molar-refractivity contribution in [2.24, 2.45) is 5.92 Å². The summed E-state index contributed by atoms with van der Waals surface area (Å²) in [7, 11) is 0. The van der Waals surface area contributed by atoms with Crippen molar-refractivity contribution in [1.82, 2.24) is 25.3 Å². The zero-order chi connectivity index (χ0) is 15.5. The van der Waals surface area contributed by atoms with E-state index in [0.717, 1.165) is 37.1 Å². The van der Waals surface area contributed by atoms with Crippen LogP contribution >= 0.6 is 0 Å². The van der Waals surface area contributed by atoms with Crippen molar-refractivity contribution in [3.05, 3.63) is 45.6 Å². The van der Waals surface area contributed by atoms with E-state index in [-0.39, 0.29) is 17.2 Å². The van der Waals surface area contributed by atoms with Crippen molar-refractivity contribution in [3.63, 3.8) is 0 Å². The van der Waals surface area contributed by atoms with E-state index >= 15 is 0 Å². The van der Waals surface area contributed by atoms with Gasteiger partial charge in [0.2, 0.25) is 0 Å². The molecule has 1 aliphatic rings. The number of hydrogen-bond donors (Lipinski definition) is 2. The van der Waals surface area contributed by atoms with Crippen LogP contribution in [-0.2, 0) is 6.42 Å². The van der Waals surface area contributed by atoms with Crippen molar-refractivity contribution >= 4 is 5.91 Å². The maximum Gasteiger partial charge on any atom is 0.274 e. The van der Waals surface area contributed by atoms with Gasteiger partial charge in [-0.3, -0.25) is 14.7 Å². The van der Waals surface area contributed by atoms with E-state index in [0.29, 0.717) is 12.5 Å². The molecule has 1 amide bonds. The zero-order valence-corrected chi connectivity index (χ0v) is 12.5. The number of likely N-dealkylation sites (tertiary alicyclic amines) is 1. The van der Waals surface area contributed by atoms with E-state index in [1.54, 1.807) is 0 Å².